The molecule has 0 aromatic heterocycles. The van der Waals surface area contributed by atoms with Crippen LogP contribution in [0.15, 0.2) is 0 Å². The van der Waals surface area contributed by atoms with E-state index in [1.807, 2.05) is 4.90 Å². The minimum absolute atomic E-state index is 0.230. The number of nitrogens with zero attached hydrogens (tertiary/aromatic N) is 1. The number of carbonyl (C=O) groups is 1. The van der Waals surface area contributed by atoms with Crippen molar-refractivity contribution in [3.63, 3.8) is 0 Å². The molecule has 80 valence electrons. The first-order valence-corrected chi connectivity index (χ1v) is 5.45. The number of rotatable bonds is 3. The van der Waals surface area contributed by atoms with E-state index in [-0.39, 0.29) is 6.54 Å². The normalized spacial score (nSPS) is 26.2. The lowest BCUT2D eigenvalue weighted by Crippen LogP contribution is -2.63. The van der Waals surface area contributed by atoms with Crippen LogP contribution in [0.3, 0.4) is 0 Å². The quantitative estimate of drug-likeness (QED) is 0.744. The maximum atomic E-state index is 10.5. The molecule has 1 aliphatic carbocycles. The second-order valence-electron chi connectivity index (χ2n) is 5.45. The van der Waals surface area contributed by atoms with Crippen LogP contribution in [-0.4, -0.2) is 35.6 Å². The summed E-state index contributed by atoms with van der Waals surface area (Å²) in [6.45, 7) is 6.83. The van der Waals surface area contributed by atoms with Gasteiger partial charge in [0.05, 0.1) is 6.54 Å². The van der Waals surface area contributed by atoms with E-state index < -0.39 is 5.97 Å². The lowest BCUT2D eigenvalue weighted by Gasteiger charge is -2.60. The minimum atomic E-state index is -0.695. The Balaban J connectivity index is 1.72. The summed E-state index contributed by atoms with van der Waals surface area (Å²) in [5.41, 5.74) is 0.518. The summed E-state index contributed by atoms with van der Waals surface area (Å²) in [6, 6.07) is 0. The van der Waals surface area contributed by atoms with Crippen molar-refractivity contribution in [1.82, 2.24) is 4.90 Å². The van der Waals surface area contributed by atoms with Crippen LogP contribution in [0.1, 0.15) is 26.7 Å². The van der Waals surface area contributed by atoms with Gasteiger partial charge in [0.2, 0.25) is 0 Å². The van der Waals surface area contributed by atoms with E-state index in [0.29, 0.717) is 5.41 Å². The molecule has 1 spiro atoms. The van der Waals surface area contributed by atoms with E-state index in [2.05, 4.69) is 13.8 Å². The van der Waals surface area contributed by atoms with Crippen LogP contribution in [0, 0.1) is 17.3 Å². The molecule has 2 fully saturated rings. The number of aliphatic carboxylic acids is 1. The van der Waals surface area contributed by atoms with Crippen molar-refractivity contribution in [2.75, 3.05) is 19.6 Å². The molecule has 3 heteroatoms. The molecular formula is C11H19NO2. The largest absolute Gasteiger partial charge is 0.480 e. The fourth-order valence-electron chi connectivity index (χ4n) is 2.99. The van der Waals surface area contributed by atoms with Crippen LogP contribution >= 0.6 is 0 Å². The smallest absolute Gasteiger partial charge is 0.317 e. The van der Waals surface area contributed by atoms with Crippen molar-refractivity contribution in [2.45, 2.75) is 26.7 Å². The molecule has 2 aliphatic rings. The predicted octanol–water partition coefficient (Wildman–Crippen LogP) is 1.44. The number of hydrogen-bond acceptors (Lipinski definition) is 2. The molecule has 14 heavy (non-hydrogen) atoms. The van der Waals surface area contributed by atoms with Crippen LogP contribution in [0.2, 0.25) is 0 Å². The maximum absolute atomic E-state index is 10.5. The summed E-state index contributed by atoms with van der Waals surface area (Å²) >= 11 is 0. The molecule has 0 unspecified atom stereocenters. The van der Waals surface area contributed by atoms with E-state index in [4.69, 9.17) is 5.11 Å². The van der Waals surface area contributed by atoms with E-state index in [0.717, 1.165) is 24.9 Å². The van der Waals surface area contributed by atoms with Gasteiger partial charge in [0.25, 0.3) is 0 Å². The molecule has 0 bridgehead atoms. The molecule has 1 saturated carbocycles. The summed E-state index contributed by atoms with van der Waals surface area (Å²) in [5, 5.41) is 8.61. The zero-order valence-electron chi connectivity index (χ0n) is 8.99. The van der Waals surface area contributed by atoms with Gasteiger partial charge in [-0.1, -0.05) is 13.8 Å². The van der Waals surface area contributed by atoms with Gasteiger partial charge >= 0.3 is 5.97 Å². The second kappa shape index (κ2) is 3.23. The lowest BCUT2D eigenvalue weighted by atomic mass is 9.55. The molecule has 3 nitrogen and oxygen atoms in total. The average Bonchev–Trinajstić information content (AvgIpc) is 1.89. The van der Waals surface area contributed by atoms with Gasteiger partial charge in [0, 0.05) is 13.1 Å². The highest BCUT2D eigenvalue weighted by atomic mass is 16.4. The second-order valence-corrected chi connectivity index (χ2v) is 5.45. The van der Waals surface area contributed by atoms with Crippen molar-refractivity contribution < 1.29 is 9.90 Å². The Bertz CT molecular complexity index is 236. The fraction of sp³-hybridized carbons (Fsp3) is 0.909. The highest BCUT2D eigenvalue weighted by Crippen LogP contribution is 2.53. The summed E-state index contributed by atoms with van der Waals surface area (Å²) in [4.78, 5) is 12.5. The molecule has 0 aromatic carbocycles. The van der Waals surface area contributed by atoms with E-state index >= 15 is 0 Å². The van der Waals surface area contributed by atoms with Crippen molar-refractivity contribution in [1.29, 1.82) is 0 Å². The molecule has 1 saturated heterocycles. The molecule has 0 radical (unpaired) electrons. The molecule has 0 atom stereocenters. The Kier molecular flexibility index (Phi) is 2.30. The molecule has 0 aromatic rings. The first-order valence-electron chi connectivity index (χ1n) is 5.45. The summed E-state index contributed by atoms with van der Waals surface area (Å²) in [6.07, 6.45) is 2.64. The zero-order chi connectivity index (χ0) is 10.3. The van der Waals surface area contributed by atoms with Gasteiger partial charge in [0.1, 0.15) is 0 Å². The molecule has 1 aliphatic heterocycles. The SMILES string of the molecule is CC(C)C1CC2(C1)CN(CC(=O)O)C2. The van der Waals surface area contributed by atoms with Gasteiger partial charge in [-0.2, -0.15) is 0 Å². The summed E-state index contributed by atoms with van der Waals surface area (Å²) in [7, 11) is 0. The van der Waals surface area contributed by atoms with Crippen LogP contribution < -0.4 is 0 Å². The van der Waals surface area contributed by atoms with Crippen molar-refractivity contribution >= 4 is 5.97 Å². The summed E-state index contributed by atoms with van der Waals surface area (Å²) < 4.78 is 0. The molecule has 0 amide bonds. The fourth-order valence-corrected chi connectivity index (χ4v) is 2.99. The van der Waals surface area contributed by atoms with E-state index in [1.54, 1.807) is 0 Å². The molecule has 2 rings (SSSR count). The zero-order valence-corrected chi connectivity index (χ0v) is 8.99. The first kappa shape index (κ1) is 9.97. The number of carboxylic acid groups (broad SMARTS) is 1. The van der Waals surface area contributed by atoms with Crippen molar-refractivity contribution in [2.24, 2.45) is 17.3 Å². The number of likely N-dealkylation sites (tertiary alicyclic amines) is 1. The Morgan fingerprint density at radius 1 is 1.50 bits per heavy atom. The highest BCUT2D eigenvalue weighted by molar-refractivity contribution is 5.69. The third-order valence-corrected chi connectivity index (χ3v) is 3.81. The van der Waals surface area contributed by atoms with Crippen LogP contribution in [0.5, 0.6) is 0 Å². The van der Waals surface area contributed by atoms with Crippen LogP contribution in [-0.2, 0) is 4.79 Å². The van der Waals surface area contributed by atoms with Gasteiger partial charge in [-0.25, -0.2) is 0 Å². The van der Waals surface area contributed by atoms with Crippen LogP contribution in [0.25, 0.3) is 0 Å². The standard InChI is InChI=1S/C11H19NO2/c1-8(2)9-3-11(4-9)6-12(7-11)5-10(13)14/h8-9H,3-7H2,1-2H3,(H,13,14). The van der Waals surface area contributed by atoms with E-state index in [9.17, 15) is 4.79 Å². The number of hydrogen-bond donors (Lipinski definition) is 1. The Morgan fingerprint density at radius 2 is 2.07 bits per heavy atom. The minimum Gasteiger partial charge on any atom is -0.480 e. The van der Waals surface area contributed by atoms with Gasteiger partial charge in [-0.05, 0) is 30.1 Å². The maximum Gasteiger partial charge on any atom is 0.317 e. The van der Waals surface area contributed by atoms with Crippen molar-refractivity contribution in [3.8, 4) is 0 Å². The number of carboxylic acids is 1. The Labute approximate surface area is 85.1 Å². The molecule has 1 N–H and O–H groups in total. The van der Waals surface area contributed by atoms with E-state index in [1.165, 1.54) is 12.8 Å². The topological polar surface area (TPSA) is 40.5 Å². The first-order chi connectivity index (χ1) is 6.51. The Hall–Kier alpha value is -0.570. The monoisotopic (exact) mass is 197 g/mol. The Morgan fingerprint density at radius 3 is 2.50 bits per heavy atom. The molecule has 1 heterocycles. The lowest BCUT2D eigenvalue weighted by molar-refractivity contribution is -0.148. The van der Waals surface area contributed by atoms with Crippen LogP contribution in [0.4, 0.5) is 0 Å². The van der Waals surface area contributed by atoms with Crippen molar-refractivity contribution in [3.05, 3.63) is 0 Å². The summed E-state index contributed by atoms with van der Waals surface area (Å²) in [5.74, 6) is 0.996. The third-order valence-electron chi connectivity index (χ3n) is 3.81. The van der Waals surface area contributed by atoms with Gasteiger partial charge < -0.3 is 5.11 Å². The predicted molar refractivity (Wildman–Crippen MR) is 54.1 cm³/mol. The van der Waals surface area contributed by atoms with Gasteiger partial charge in [-0.15, -0.1) is 0 Å². The third kappa shape index (κ3) is 1.65. The molecular weight excluding hydrogens is 178 g/mol. The highest BCUT2D eigenvalue weighted by Gasteiger charge is 2.52. The average molecular weight is 197 g/mol. The van der Waals surface area contributed by atoms with Gasteiger partial charge in [0.15, 0.2) is 0 Å². The van der Waals surface area contributed by atoms with Gasteiger partial charge in [-0.3, -0.25) is 9.69 Å².